The summed E-state index contributed by atoms with van der Waals surface area (Å²) >= 11 is 0. The zero-order valence-corrected chi connectivity index (χ0v) is 9.95. The average Bonchev–Trinajstić information content (AvgIpc) is 2.91. The van der Waals surface area contributed by atoms with E-state index < -0.39 is 0 Å². The van der Waals surface area contributed by atoms with E-state index in [4.69, 9.17) is 0 Å². The van der Waals surface area contributed by atoms with Crippen LogP contribution in [0.5, 0.6) is 0 Å². The molecule has 2 rings (SSSR count). The molecule has 1 atom stereocenters. The molecule has 1 aromatic heterocycles. The van der Waals surface area contributed by atoms with Crippen molar-refractivity contribution in [3.05, 3.63) is 17.5 Å². The zero-order chi connectivity index (χ0) is 10.8. The van der Waals surface area contributed by atoms with Crippen LogP contribution in [-0.2, 0) is 7.05 Å². The Kier molecular flexibility index (Phi) is 3.10. The second kappa shape index (κ2) is 4.35. The first-order valence-corrected chi connectivity index (χ1v) is 5.94. The third kappa shape index (κ3) is 2.59. The Labute approximate surface area is 91.9 Å². The predicted octanol–water partition coefficient (Wildman–Crippen LogP) is 2.18. The fourth-order valence-electron chi connectivity index (χ4n) is 2.20. The van der Waals surface area contributed by atoms with Crippen LogP contribution in [0.1, 0.15) is 43.6 Å². The maximum Gasteiger partial charge on any atom is 0.0597 e. The number of hydrogen-bond donors (Lipinski definition) is 1. The van der Waals surface area contributed by atoms with Gasteiger partial charge in [0.1, 0.15) is 0 Å². The smallest absolute Gasteiger partial charge is 0.0597 e. The number of hydrogen-bond acceptors (Lipinski definition) is 2. The van der Waals surface area contributed by atoms with Crippen LogP contribution in [0.25, 0.3) is 0 Å². The van der Waals surface area contributed by atoms with Gasteiger partial charge in [-0.15, -0.1) is 0 Å². The molecule has 1 aliphatic carbocycles. The van der Waals surface area contributed by atoms with Gasteiger partial charge in [-0.25, -0.2) is 0 Å². The maximum atomic E-state index is 4.42. The normalized spacial score (nSPS) is 18.1. The highest BCUT2D eigenvalue weighted by Crippen LogP contribution is 2.37. The molecule has 1 aliphatic rings. The highest BCUT2D eigenvalue weighted by atomic mass is 15.3. The van der Waals surface area contributed by atoms with E-state index in [2.05, 4.69) is 30.3 Å². The lowest BCUT2D eigenvalue weighted by Gasteiger charge is -2.17. The van der Waals surface area contributed by atoms with E-state index in [0.29, 0.717) is 6.04 Å². The Morgan fingerprint density at radius 3 is 2.80 bits per heavy atom. The van der Waals surface area contributed by atoms with Gasteiger partial charge in [-0.05, 0) is 31.9 Å². The van der Waals surface area contributed by atoms with Gasteiger partial charge in [0.2, 0.25) is 0 Å². The quantitative estimate of drug-likeness (QED) is 0.802. The molecule has 3 heteroatoms. The summed E-state index contributed by atoms with van der Waals surface area (Å²) in [6.45, 7) is 5.26. The number of aryl methyl sites for hydroxylation is 2. The molecule has 1 N–H and O–H groups in total. The van der Waals surface area contributed by atoms with Crippen molar-refractivity contribution in [3.8, 4) is 0 Å². The fraction of sp³-hybridized carbons (Fsp3) is 0.750. The van der Waals surface area contributed by atoms with E-state index in [1.54, 1.807) is 0 Å². The standard InChI is InChI=1S/C12H21N3/c1-4-13-11(8-10-5-6-10)12-7-9(2)14-15(12)3/h7,10-11,13H,4-6,8H2,1-3H3. The van der Waals surface area contributed by atoms with Gasteiger partial charge in [0, 0.05) is 13.1 Å². The lowest BCUT2D eigenvalue weighted by atomic mass is 10.1. The monoisotopic (exact) mass is 207 g/mol. The number of aromatic nitrogens is 2. The van der Waals surface area contributed by atoms with Gasteiger partial charge >= 0.3 is 0 Å². The van der Waals surface area contributed by atoms with Crippen LogP contribution in [0.3, 0.4) is 0 Å². The van der Waals surface area contributed by atoms with Crippen molar-refractivity contribution in [2.45, 2.75) is 39.2 Å². The van der Waals surface area contributed by atoms with Crippen LogP contribution in [0.15, 0.2) is 6.07 Å². The summed E-state index contributed by atoms with van der Waals surface area (Å²) in [5.41, 5.74) is 2.45. The summed E-state index contributed by atoms with van der Waals surface area (Å²) in [4.78, 5) is 0. The Hall–Kier alpha value is -0.830. The van der Waals surface area contributed by atoms with Gasteiger partial charge in [-0.3, -0.25) is 4.68 Å². The topological polar surface area (TPSA) is 29.9 Å². The maximum absolute atomic E-state index is 4.42. The highest BCUT2D eigenvalue weighted by Gasteiger charge is 2.27. The molecule has 1 saturated carbocycles. The Bertz CT molecular complexity index is 326. The SMILES string of the molecule is CCNC(CC1CC1)c1cc(C)nn1C. The molecule has 0 bridgehead atoms. The van der Waals surface area contributed by atoms with Crippen LogP contribution in [0.4, 0.5) is 0 Å². The molecule has 0 aliphatic heterocycles. The summed E-state index contributed by atoms with van der Waals surface area (Å²) in [6, 6.07) is 2.70. The van der Waals surface area contributed by atoms with E-state index in [1.165, 1.54) is 25.0 Å². The van der Waals surface area contributed by atoms with Crippen LogP contribution >= 0.6 is 0 Å². The van der Waals surface area contributed by atoms with Gasteiger partial charge in [0.15, 0.2) is 0 Å². The number of nitrogens with one attached hydrogen (secondary N) is 1. The van der Waals surface area contributed by atoms with Crippen molar-refractivity contribution in [2.75, 3.05) is 6.54 Å². The molecule has 1 unspecified atom stereocenters. The number of nitrogens with zero attached hydrogens (tertiary/aromatic N) is 2. The van der Waals surface area contributed by atoms with Crippen molar-refractivity contribution >= 4 is 0 Å². The van der Waals surface area contributed by atoms with Gasteiger partial charge in [-0.2, -0.15) is 5.10 Å². The molecule has 3 nitrogen and oxygen atoms in total. The second-order valence-corrected chi connectivity index (χ2v) is 4.62. The molecule has 84 valence electrons. The second-order valence-electron chi connectivity index (χ2n) is 4.62. The minimum atomic E-state index is 0.494. The van der Waals surface area contributed by atoms with Crippen molar-refractivity contribution < 1.29 is 0 Å². The van der Waals surface area contributed by atoms with Crippen molar-refractivity contribution in [1.29, 1.82) is 0 Å². The summed E-state index contributed by atoms with van der Waals surface area (Å²) in [7, 11) is 2.04. The Balaban J connectivity index is 2.10. The van der Waals surface area contributed by atoms with Gasteiger partial charge in [-0.1, -0.05) is 19.8 Å². The molecule has 0 aromatic carbocycles. The molecule has 1 heterocycles. The molecule has 1 fully saturated rings. The van der Waals surface area contributed by atoms with Crippen molar-refractivity contribution in [2.24, 2.45) is 13.0 Å². The van der Waals surface area contributed by atoms with Crippen LogP contribution < -0.4 is 5.32 Å². The molecule has 0 amide bonds. The lowest BCUT2D eigenvalue weighted by Crippen LogP contribution is -2.23. The first-order chi connectivity index (χ1) is 7.20. The average molecular weight is 207 g/mol. The van der Waals surface area contributed by atoms with Crippen LogP contribution in [0.2, 0.25) is 0 Å². The largest absolute Gasteiger partial charge is 0.309 e. The van der Waals surface area contributed by atoms with E-state index >= 15 is 0 Å². The molecular formula is C12H21N3. The summed E-state index contributed by atoms with van der Waals surface area (Å²) < 4.78 is 2.02. The first-order valence-electron chi connectivity index (χ1n) is 5.94. The zero-order valence-electron chi connectivity index (χ0n) is 9.95. The predicted molar refractivity (Wildman–Crippen MR) is 61.7 cm³/mol. The third-order valence-corrected chi connectivity index (χ3v) is 3.11. The van der Waals surface area contributed by atoms with Crippen LogP contribution in [0, 0.1) is 12.8 Å². The summed E-state index contributed by atoms with van der Waals surface area (Å²) in [6.07, 6.45) is 4.10. The lowest BCUT2D eigenvalue weighted by molar-refractivity contribution is 0.457. The van der Waals surface area contributed by atoms with Crippen LogP contribution in [-0.4, -0.2) is 16.3 Å². The molecule has 0 spiro atoms. The Morgan fingerprint density at radius 1 is 1.60 bits per heavy atom. The van der Waals surface area contributed by atoms with Gasteiger partial charge < -0.3 is 5.32 Å². The fourth-order valence-corrected chi connectivity index (χ4v) is 2.20. The molecule has 15 heavy (non-hydrogen) atoms. The molecule has 0 radical (unpaired) electrons. The molecule has 1 aromatic rings. The van der Waals surface area contributed by atoms with Gasteiger partial charge in [0.25, 0.3) is 0 Å². The highest BCUT2D eigenvalue weighted by molar-refractivity contribution is 5.13. The van der Waals surface area contributed by atoms with E-state index in [1.807, 2.05) is 11.7 Å². The van der Waals surface area contributed by atoms with Crippen molar-refractivity contribution in [3.63, 3.8) is 0 Å². The number of rotatable bonds is 5. The van der Waals surface area contributed by atoms with Crippen molar-refractivity contribution in [1.82, 2.24) is 15.1 Å². The molecular weight excluding hydrogens is 186 g/mol. The summed E-state index contributed by atoms with van der Waals surface area (Å²) in [5, 5.41) is 7.98. The summed E-state index contributed by atoms with van der Waals surface area (Å²) in [5.74, 6) is 0.948. The van der Waals surface area contributed by atoms with E-state index in [9.17, 15) is 0 Å². The van der Waals surface area contributed by atoms with Gasteiger partial charge in [0.05, 0.1) is 11.4 Å². The minimum absolute atomic E-state index is 0.494. The van der Waals surface area contributed by atoms with E-state index in [-0.39, 0.29) is 0 Å². The third-order valence-electron chi connectivity index (χ3n) is 3.11. The van der Waals surface area contributed by atoms with E-state index in [0.717, 1.165) is 18.2 Å². The first kappa shape index (κ1) is 10.7. The molecule has 0 saturated heterocycles. The Morgan fingerprint density at radius 2 is 2.33 bits per heavy atom. The minimum Gasteiger partial charge on any atom is -0.309 e.